The standard InChI is InChI=1S/C40H36F3N3O3/c1-27-25-29(19-24-35(27)45-38(48)34-17-9-8-16-33(34)30-20-22-32(23-21-30)40(41,42)43)26-44-39(49)37(31-14-6-3-7-15-31)46-36(47)18-10-13-28-11-4-2-5-12-28/h2-9,11-12,14-17,19-25,37H,10,13,18,26H2,1H3,(H,44,49)(H,45,48)(H,46,47). The lowest BCUT2D eigenvalue weighted by molar-refractivity contribution is -0.137. The van der Waals surface area contributed by atoms with Gasteiger partial charge in [0, 0.05) is 24.2 Å². The van der Waals surface area contributed by atoms with Gasteiger partial charge in [-0.15, -0.1) is 0 Å². The highest BCUT2D eigenvalue weighted by Crippen LogP contribution is 2.32. The molecule has 0 aromatic heterocycles. The number of amides is 3. The molecule has 6 nitrogen and oxygen atoms in total. The summed E-state index contributed by atoms with van der Waals surface area (Å²) in [6.07, 6.45) is -2.75. The Bertz CT molecular complexity index is 1890. The van der Waals surface area contributed by atoms with Gasteiger partial charge in [-0.1, -0.05) is 103 Å². The average molecular weight is 664 g/mol. The number of benzene rings is 5. The fourth-order valence-corrected chi connectivity index (χ4v) is 5.51. The second-order valence-electron chi connectivity index (χ2n) is 11.7. The van der Waals surface area contributed by atoms with E-state index in [4.69, 9.17) is 0 Å². The van der Waals surface area contributed by atoms with Gasteiger partial charge in [-0.25, -0.2) is 0 Å². The van der Waals surface area contributed by atoms with Crippen molar-refractivity contribution in [1.29, 1.82) is 0 Å². The molecule has 250 valence electrons. The van der Waals surface area contributed by atoms with Gasteiger partial charge in [0.15, 0.2) is 0 Å². The van der Waals surface area contributed by atoms with Crippen molar-refractivity contribution in [2.45, 2.75) is 44.9 Å². The first-order valence-corrected chi connectivity index (χ1v) is 15.9. The van der Waals surface area contributed by atoms with Crippen LogP contribution in [0.25, 0.3) is 11.1 Å². The number of alkyl halides is 3. The molecule has 5 rings (SSSR count). The molecule has 0 saturated heterocycles. The molecular weight excluding hydrogens is 627 g/mol. The first kappa shape index (κ1) is 34.6. The largest absolute Gasteiger partial charge is 0.416 e. The summed E-state index contributed by atoms with van der Waals surface area (Å²) in [5.41, 5.74) is 4.44. The van der Waals surface area contributed by atoms with Gasteiger partial charge in [-0.05, 0) is 77.4 Å². The van der Waals surface area contributed by atoms with Crippen LogP contribution in [0.5, 0.6) is 0 Å². The SMILES string of the molecule is Cc1cc(CNC(=O)C(NC(=O)CCCc2ccccc2)c2ccccc2)ccc1NC(=O)c1ccccc1-c1ccc(C(F)(F)F)cc1. The normalized spacial score (nSPS) is 11.8. The fraction of sp³-hybridized carbons (Fsp3) is 0.175. The van der Waals surface area contributed by atoms with Crippen LogP contribution >= 0.6 is 0 Å². The second-order valence-corrected chi connectivity index (χ2v) is 11.7. The summed E-state index contributed by atoms with van der Waals surface area (Å²) in [6, 6.07) is 34.9. The van der Waals surface area contributed by atoms with Gasteiger partial charge in [0.2, 0.25) is 11.8 Å². The van der Waals surface area contributed by atoms with Gasteiger partial charge >= 0.3 is 6.18 Å². The van der Waals surface area contributed by atoms with Crippen LogP contribution in [-0.2, 0) is 28.7 Å². The molecule has 0 aliphatic carbocycles. The number of carbonyl (C=O) groups excluding carboxylic acids is 3. The van der Waals surface area contributed by atoms with Crippen LogP contribution in [0.4, 0.5) is 18.9 Å². The summed E-state index contributed by atoms with van der Waals surface area (Å²) < 4.78 is 39.2. The van der Waals surface area contributed by atoms with E-state index in [-0.39, 0.29) is 24.8 Å². The smallest absolute Gasteiger partial charge is 0.350 e. The number of hydrogen-bond acceptors (Lipinski definition) is 3. The molecule has 0 spiro atoms. The van der Waals surface area contributed by atoms with E-state index in [1.807, 2.05) is 61.5 Å². The molecule has 0 fully saturated rings. The molecule has 0 bridgehead atoms. The van der Waals surface area contributed by atoms with Gasteiger partial charge in [0.25, 0.3) is 5.91 Å². The Hall–Kier alpha value is -5.70. The van der Waals surface area contributed by atoms with E-state index in [0.717, 1.165) is 35.2 Å². The Kier molecular flexibility index (Phi) is 11.3. The Morgan fingerprint density at radius 1 is 0.735 bits per heavy atom. The summed E-state index contributed by atoms with van der Waals surface area (Å²) in [5, 5.41) is 8.72. The lowest BCUT2D eigenvalue weighted by Crippen LogP contribution is -2.40. The fourth-order valence-electron chi connectivity index (χ4n) is 5.51. The van der Waals surface area contributed by atoms with Crippen molar-refractivity contribution >= 4 is 23.4 Å². The van der Waals surface area contributed by atoms with Gasteiger partial charge in [-0.2, -0.15) is 13.2 Å². The third-order valence-corrected chi connectivity index (χ3v) is 8.11. The van der Waals surface area contributed by atoms with Crippen molar-refractivity contribution in [2.24, 2.45) is 0 Å². The molecule has 1 atom stereocenters. The predicted molar refractivity (Wildman–Crippen MR) is 185 cm³/mol. The van der Waals surface area contributed by atoms with Crippen LogP contribution in [0, 0.1) is 6.92 Å². The van der Waals surface area contributed by atoms with Gasteiger partial charge in [-0.3, -0.25) is 14.4 Å². The quantitative estimate of drug-likeness (QED) is 0.125. The first-order chi connectivity index (χ1) is 23.6. The molecule has 1 unspecified atom stereocenters. The van der Waals surface area contributed by atoms with E-state index in [0.29, 0.717) is 34.4 Å². The van der Waals surface area contributed by atoms with Crippen molar-refractivity contribution in [3.05, 3.63) is 161 Å². The lowest BCUT2D eigenvalue weighted by Gasteiger charge is -2.19. The molecule has 5 aromatic carbocycles. The van der Waals surface area contributed by atoms with Crippen LogP contribution in [0.1, 0.15) is 57.1 Å². The van der Waals surface area contributed by atoms with Crippen LogP contribution in [-0.4, -0.2) is 17.7 Å². The highest BCUT2D eigenvalue weighted by molar-refractivity contribution is 6.09. The van der Waals surface area contributed by atoms with E-state index in [1.165, 1.54) is 12.1 Å². The number of carbonyl (C=O) groups is 3. The maximum atomic E-state index is 13.4. The van der Waals surface area contributed by atoms with Crippen molar-refractivity contribution in [2.75, 3.05) is 5.32 Å². The highest BCUT2D eigenvalue weighted by atomic mass is 19.4. The van der Waals surface area contributed by atoms with Crippen molar-refractivity contribution in [3.63, 3.8) is 0 Å². The van der Waals surface area contributed by atoms with E-state index in [9.17, 15) is 27.6 Å². The number of halogens is 3. The third-order valence-electron chi connectivity index (χ3n) is 8.11. The van der Waals surface area contributed by atoms with E-state index >= 15 is 0 Å². The monoisotopic (exact) mass is 663 g/mol. The van der Waals surface area contributed by atoms with Crippen LogP contribution in [0.2, 0.25) is 0 Å². The molecule has 0 radical (unpaired) electrons. The molecule has 0 heterocycles. The Labute approximate surface area is 283 Å². The zero-order chi connectivity index (χ0) is 34.8. The molecule has 0 aliphatic rings. The predicted octanol–water partition coefficient (Wildman–Crippen LogP) is 8.43. The number of aryl methyl sites for hydroxylation is 2. The molecule has 9 heteroatoms. The number of nitrogens with one attached hydrogen (secondary N) is 3. The maximum absolute atomic E-state index is 13.4. The van der Waals surface area contributed by atoms with Crippen LogP contribution in [0.15, 0.2) is 127 Å². The topological polar surface area (TPSA) is 87.3 Å². The molecule has 0 saturated carbocycles. The molecule has 5 aromatic rings. The Balaban J connectivity index is 1.21. The van der Waals surface area contributed by atoms with Crippen LogP contribution in [0.3, 0.4) is 0 Å². The minimum absolute atomic E-state index is 0.192. The van der Waals surface area contributed by atoms with E-state index in [1.54, 1.807) is 48.5 Å². The molecule has 49 heavy (non-hydrogen) atoms. The van der Waals surface area contributed by atoms with Gasteiger partial charge < -0.3 is 16.0 Å². The van der Waals surface area contributed by atoms with E-state index < -0.39 is 23.7 Å². The lowest BCUT2D eigenvalue weighted by atomic mass is 9.98. The highest BCUT2D eigenvalue weighted by Gasteiger charge is 2.30. The average Bonchev–Trinajstić information content (AvgIpc) is 3.11. The molecule has 0 aliphatic heterocycles. The number of rotatable bonds is 12. The Morgan fingerprint density at radius 2 is 1.39 bits per heavy atom. The number of anilines is 1. The zero-order valence-corrected chi connectivity index (χ0v) is 26.9. The summed E-state index contributed by atoms with van der Waals surface area (Å²) >= 11 is 0. The van der Waals surface area contributed by atoms with Gasteiger partial charge in [0.1, 0.15) is 6.04 Å². The summed E-state index contributed by atoms with van der Waals surface area (Å²) in [7, 11) is 0. The minimum atomic E-state index is -4.45. The molecule has 3 amide bonds. The Morgan fingerprint density at radius 3 is 2.06 bits per heavy atom. The summed E-state index contributed by atoms with van der Waals surface area (Å²) in [6.45, 7) is 2.02. The van der Waals surface area contributed by atoms with Crippen LogP contribution < -0.4 is 16.0 Å². The van der Waals surface area contributed by atoms with Crippen molar-refractivity contribution in [3.8, 4) is 11.1 Å². The van der Waals surface area contributed by atoms with E-state index in [2.05, 4.69) is 16.0 Å². The number of hydrogen-bond donors (Lipinski definition) is 3. The maximum Gasteiger partial charge on any atom is 0.416 e. The summed E-state index contributed by atoms with van der Waals surface area (Å²) in [4.78, 5) is 39.6. The molecular formula is C40H36F3N3O3. The minimum Gasteiger partial charge on any atom is -0.350 e. The molecule has 3 N–H and O–H groups in total. The van der Waals surface area contributed by atoms with Crippen molar-refractivity contribution < 1.29 is 27.6 Å². The van der Waals surface area contributed by atoms with Crippen molar-refractivity contribution in [1.82, 2.24) is 10.6 Å². The van der Waals surface area contributed by atoms with Gasteiger partial charge in [0.05, 0.1) is 5.56 Å². The summed E-state index contributed by atoms with van der Waals surface area (Å²) in [5.74, 6) is -0.974. The second kappa shape index (κ2) is 15.9. The third kappa shape index (κ3) is 9.44. The zero-order valence-electron chi connectivity index (χ0n) is 26.9. The first-order valence-electron chi connectivity index (χ1n) is 15.9.